The number of rotatable bonds is 7. The molecule has 0 N–H and O–H groups in total. The number of hydrogen-bond donors (Lipinski definition) is 0. The normalized spacial score (nSPS) is 13.5. The second-order valence-electron chi connectivity index (χ2n) is 5.48. The third kappa shape index (κ3) is 4.98. The van der Waals surface area contributed by atoms with Crippen LogP contribution in [0.1, 0.15) is 52.0 Å². The van der Waals surface area contributed by atoms with E-state index in [1.54, 1.807) is 12.1 Å². The molecule has 0 aromatic heterocycles. The third-order valence-corrected chi connectivity index (χ3v) is 4.71. The molecule has 0 heterocycles. The summed E-state index contributed by atoms with van der Waals surface area (Å²) in [5.41, 5.74) is 0.901. The Kier molecular flexibility index (Phi) is 6.34. The summed E-state index contributed by atoms with van der Waals surface area (Å²) in [7, 11) is 1.71. The van der Waals surface area contributed by atoms with Gasteiger partial charge >= 0.3 is 0 Å². The maximum Gasteiger partial charge on any atom is 0.261 e. The van der Waals surface area contributed by atoms with E-state index in [4.69, 9.17) is 15.4 Å². The molecule has 20 heavy (non-hydrogen) atoms. The number of hydrogen-bond acceptors (Lipinski definition) is 3. The molecule has 0 bridgehead atoms. The van der Waals surface area contributed by atoms with Gasteiger partial charge in [-0.05, 0) is 48.4 Å². The van der Waals surface area contributed by atoms with Crippen molar-refractivity contribution >= 4 is 19.7 Å². The minimum absolute atomic E-state index is 0.130. The van der Waals surface area contributed by atoms with E-state index in [1.165, 1.54) is 6.07 Å². The maximum atomic E-state index is 11.4. The van der Waals surface area contributed by atoms with Crippen LogP contribution in [0.5, 0.6) is 5.75 Å². The van der Waals surface area contributed by atoms with Gasteiger partial charge in [0.1, 0.15) is 5.75 Å². The molecule has 0 amide bonds. The average molecular weight is 319 g/mol. The lowest BCUT2D eigenvalue weighted by Gasteiger charge is -2.17. The van der Waals surface area contributed by atoms with Gasteiger partial charge < -0.3 is 4.74 Å². The van der Waals surface area contributed by atoms with Crippen molar-refractivity contribution in [3.63, 3.8) is 0 Å². The molecule has 0 radical (unpaired) electrons. The molecule has 1 aromatic carbocycles. The van der Waals surface area contributed by atoms with Crippen molar-refractivity contribution in [2.75, 3.05) is 6.61 Å². The van der Waals surface area contributed by atoms with E-state index in [-0.39, 0.29) is 10.8 Å². The summed E-state index contributed by atoms with van der Waals surface area (Å²) in [4.78, 5) is 0.130. The molecule has 1 aromatic rings. The van der Waals surface area contributed by atoms with Crippen LogP contribution < -0.4 is 4.74 Å². The highest BCUT2D eigenvalue weighted by Gasteiger charge is 2.17. The Bertz CT molecular complexity index is 538. The van der Waals surface area contributed by atoms with Crippen molar-refractivity contribution in [3.05, 3.63) is 23.8 Å². The second-order valence-corrected chi connectivity index (χ2v) is 8.04. The van der Waals surface area contributed by atoms with Gasteiger partial charge in [0.25, 0.3) is 9.05 Å². The first-order valence-corrected chi connectivity index (χ1v) is 9.28. The summed E-state index contributed by atoms with van der Waals surface area (Å²) in [5.74, 6) is 1.55. The quantitative estimate of drug-likeness (QED) is 0.692. The molecular formula is C15H23ClO3S. The van der Waals surface area contributed by atoms with Crippen LogP contribution in [-0.4, -0.2) is 15.0 Å². The average Bonchev–Trinajstić information content (AvgIpc) is 2.36. The summed E-state index contributed by atoms with van der Waals surface area (Å²) in [5, 5.41) is 0. The van der Waals surface area contributed by atoms with Crippen LogP contribution in [-0.2, 0) is 9.05 Å². The van der Waals surface area contributed by atoms with Gasteiger partial charge in [0, 0.05) is 10.7 Å². The highest BCUT2D eigenvalue weighted by atomic mass is 35.7. The van der Waals surface area contributed by atoms with Gasteiger partial charge in [0.2, 0.25) is 0 Å². The highest BCUT2D eigenvalue weighted by Crippen LogP contribution is 2.32. The fourth-order valence-electron chi connectivity index (χ4n) is 1.82. The van der Waals surface area contributed by atoms with E-state index in [0.717, 1.165) is 24.2 Å². The molecule has 5 heteroatoms. The molecule has 1 rings (SSSR count). The van der Waals surface area contributed by atoms with Crippen LogP contribution in [0.4, 0.5) is 0 Å². The smallest absolute Gasteiger partial charge is 0.261 e. The van der Waals surface area contributed by atoms with Gasteiger partial charge in [-0.2, -0.15) is 0 Å². The van der Waals surface area contributed by atoms with Crippen molar-refractivity contribution in [1.29, 1.82) is 0 Å². The summed E-state index contributed by atoms with van der Waals surface area (Å²) < 4.78 is 28.7. The fraction of sp³-hybridized carbons (Fsp3) is 0.600. The topological polar surface area (TPSA) is 43.4 Å². The van der Waals surface area contributed by atoms with Gasteiger partial charge in [0.05, 0.1) is 11.5 Å². The molecular weight excluding hydrogens is 296 g/mol. The highest BCUT2D eigenvalue weighted by molar-refractivity contribution is 8.13. The van der Waals surface area contributed by atoms with E-state index in [1.807, 2.05) is 0 Å². The fourth-order valence-corrected chi connectivity index (χ4v) is 2.61. The molecule has 1 unspecified atom stereocenters. The van der Waals surface area contributed by atoms with Crippen LogP contribution in [0.15, 0.2) is 23.1 Å². The Morgan fingerprint density at radius 2 is 1.90 bits per heavy atom. The molecule has 0 saturated heterocycles. The number of benzene rings is 1. The van der Waals surface area contributed by atoms with E-state index < -0.39 is 9.05 Å². The van der Waals surface area contributed by atoms with E-state index in [9.17, 15) is 8.42 Å². The van der Waals surface area contributed by atoms with Crippen LogP contribution in [0.25, 0.3) is 0 Å². The standard InChI is InChI=1S/C15H23ClO3S/c1-5-12(4)14-10-13(20(16,17)18)6-7-15(14)19-9-8-11(2)3/h6-7,10-12H,5,8-9H2,1-4H3. The minimum Gasteiger partial charge on any atom is -0.493 e. The van der Waals surface area contributed by atoms with E-state index in [2.05, 4.69) is 27.7 Å². The summed E-state index contributed by atoms with van der Waals surface area (Å²) in [6.45, 7) is 9.03. The van der Waals surface area contributed by atoms with Gasteiger partial charge in [-0.3, -0.25) is 0 Å². The third-order valence-electron chi connectivity index (χ3n) is 3.36. The van der Waals surface area contributed by atoms with Gasteiger partial charge in [0.15, 0.2) is 0 Å². The van der Waals surface area contributed by atoms with E-state index in [0.29, 0.717) is 12.5 Å². The first-order valence-electron chi connectivity index (χ1n) is 6.97. The van der Waals surface area contributed by atoms with Crippen molar-refractivity contribution in [1.82, 2.24) is 0 Å². The van der Waals surface area contributed by atoms with Gasteiger partial charge in [-0.15, -0.1) is 0 Å². The SMILES string of the molecule is CCC(C)c1cc(S(=O)(=O)Cl)ccc1OCCC(C)C. The Morgan fingerprint density at radius 1 is 1.25 bits per heavy atom. The zero-order valence-corrected chi connectivity index (χ0v) is 14.1. The lowest BCUT2D eigenvalue weighted by Crippen LogP contribution is -2.06. The van der Waals surface area contributed by atoms with Crippen molar-refractivity contribution in [2.45, 2.75) is 51.3 Å². The Hall–Kier alpha value is -0.740. The van der Waals surface area contributed by atoms with Crippen LogP contribution in [0.3, 0.4) is 0 Å². The summed E-state index contributed by atoms with van der Waals surface area (Å²) in [6.07, 6.45) is 1.88. The van der Waals surface area contributed by atoms with E-state index >= 15 is 0 Å². The predicted octanol–water partition coefficient (Wildman–Crippen LogP) is 4.55. The molecule has 1 atom stereocenters. The Balaban J connectivity index is 3.04. The first kappa shape index (κ1) is 17.3. The Labute approximate surface area is 126 Å². The largest absolute Gasteiger partial charge is 0.493 e. The lowest BCUT2D eigenvalue weighted by atomic mass is 9.98. The summed E-state index contributed by atoms with van der Waals surface area (Å²) in [6, 6.07) is 4.83. The molecule has 0 spiro atoms. The predicted molar refractivity (Wildman–Crippen MR) is 83.1 cm³/mol. The molecule has 0 aliphatic carbocycles. The van der Waals surface area contributed by atoms with Crippen molar-refractivity contribution < 1.29 is 13.2 Å². The zero-order chi connectivity index (χ0) is 15.3. The number of halogens is 1. The molecule has 3 nitrogen and oxygen atoms in total. The molecule has 0 fully saturated rings. The lowest BCUT2D eigenvalue weighted by molar-refractivity contribution is 0.285. The minimum atomic E-state index is -3.70. The summed E-state index contributed by atoms with van der Waals surface area (Å²) >= 11 is 0. The van der Waals surface area contributed by atoms with Gasteiger partial charge in [-0.25, -0.2) is 8.42 Å². The first-order chi connectivity index (χ1) is 9.25. The number of ether oxygens (including phenoxy) is 1. The van der Waals surface area contributed by atoms with Crippen molar-refractivity contribution in [2.24, 2.45) is 5.92 Å². The van der Waals surface area contributed by atoms with Crippen LogP contribution >= 0.6 is 10.7 Å². The molecule has 114 valence electrons. The zero-order valence-electron chi connectivity index (χ0n) is 12.5. The monoisotopic (exact) mass is 318 g/mol. The van der Waals surface area contributed by atoms with Crippen LogP contribution in [0.2, 0.25) is 0 Å². The molecule has 0 aliphatic heterocycles. The second kappa shape index (κ2) is 7.32. The van der Waals surface area contributed by atoms with Crippen molar-refractivity contribution in [3.8, 4) is 5.75 Å². The maximum absolute atomic E-state index is 11.4. The Morgan fingerprint density at radius 3 is 2.40 bits per heavy atom. The molecule has 0 saturated carbocycles. The van der Waals surface area contributed by atoms with Gasteiger partial charge in [-0.1, -0.05) is 27.7 Å². The van der Waals surface area contributed by atoms with Crippen LogP contribution in [0, 0.1) is 5.92 Å². The molecule has 0 aliphatic rings.